The lowest BCUT2D eigenvalue weighted by atomic mass is 9.97. The van der Waals surface area contributed by atoms with Crippen LogP contribution in [0.4, 0.5) is 11.5 Å². The second-order valence-corrected chi connectivity index (χ2v) is 9.23. The first-order valence-corrected chi connectivity index (χ1v) is 12.3. The van der Waals surface area contributed by atoms with Gasteiger partial charge in [0.2, 0.25) is 0 Å². The van der Waals surface area contributed by atoms with Gasteiger partial charge in [-0.15, -0.1) is 31.7 Å². The van der Waals surface area contributed by atoms with Crippen LogP contribution in [0.15, 0.2) is 91.0 Å². The lowest BCUT2D eigenvalue weighted by Crippen LogP contribution is -2.33. The molecule has 3 heterocycles. The van der Waals surface area contributed by atoms with Gasteiger partial charge in [-0.3, -0.25) is 10.9 Å². The first-order valence-electron chi connectivity index (χ1n) is 11.1. The van der Waals surface area contributed by atoms with Gasteiger partial charge >= 0.3 is 0 Å². The van der Waals surface area contributed by atoms with Gasteiger partial charge in [-0.25, -0.2) is 0 Å². The summed E-state index contributed by atoms with van der Waals surface area (Å²) in [5, 5.41) is 26.2. The average Bonchev–Trinajstić information content (AvgIpc) is 3.32. The van der Waals surface area contributed by atoms with Crippen molar-refractivity contribution < 1.29 is 0 Å². The predicted molar refractivity (Wildman–Crippen MR) is 149 cm³/mol. The third-order valence-corrected chi connectivity index (χ3v) is 6.81. The van der Waals surface area contributed by atoms with Crippen molar-refractivity contribution in [2.45, 2.75) is 0 Å². The van der Waals surface area contributed by atoms with Gasteiger partial charge in [0.1, 0.15) is 20.7 Å². The Morgan fingerprint density at radius 3 is 2.11 bits per heavy atom. The maximum absolute atomic E-state index is 5.41. The summed E-state index contributed by atoms with van der Waals surface area (Å²) >= 11 is 6.86. The minimum Gasteiger partial charge on any atom is -0.331 e. The Kier molecular flexibility index (Phi) is 5.86. The van der Waals surface area contributed by atoms with Gasteiger partial charge in [0, 0.05) is 16.8 Å². The zero-order valence-corrected chi connectivity index (χ0v) is 20.3. The third-order valence-electron chi connectivity index (χ3n) is 5.53. The highest BCUT2D eigenvalue weighted by Gasteiger charge is 2.22. The number of aromatic nitrogens is 5. The second kappa shape index (κ2) is 9.61. The number of fused-ring (bicyclic) bond motifs is 3. The van der Waals surface area contributed by atoms with Crippen LogP contribution < -0.4 is 16.2 Å². The fourth-order valence-electron chi connectivity index (χ4n) is 3.95. The first-order chi connectivity index (χ1) is 17.8. The summed E-state index contributed by atoms with van der Waals surface area (Å²) < 4.78 is 0.798. The minimum atomic E-state index is 0.394. The van der Waals surface area contributed by atoms with Crippen molar-refractivity contribution in [2.75, 3.05) is 10.7 Å². The second-order valence-electron chi connectivity index (χ2n) is 7.82. The molecule has 3 aromatic heterocycles. The van der Waals surface area contributed by atoms with E-state index in [0.29, 0.717) is 16.4 Å². The van der Waals surface area contributed by atoms with E-state index in [2.05, 4.69) is 53.9 Å². The van der Waals surface area contributed by atoms with E-state index in [-0.39, 0.29) is 0 Å². The van der Waals surface area contributed by atoms with Crippen LogP contribution in [0.5, 0.6) is 0 Å². The molecule has 6 aromatic rings. The molecule has 3 N–H and O–H groups in total. The number of nitrogens with one attached hydrogen (secondary N) is 3. The Hall–Kier alpha value is -4.54. The molecule has 10 heteroatoms. The number of hydrogen-bond acceptors (Lipinski definition) is 8. The monoisotopic (exact) mass is 506 g/mol. The molecule has 0 amide bonds. The molecule has 0 aliphatic carbocycles. The van der Waals surface area contributed by atoms with Crippen LogP contribution >= 0.6 is 23.6 Å². The molecule has 0 fully saturated rings. The van der Waals surface area contributed by atoms with Gasteiger partial charge in [0.15, 0.2) is 10.9 Å². The van der Waals surface area contributed by atoms with Gasteiger partial charge < -0.3 is 5.32 Å². The Bertz CT molecular complexity index is 1670. The Morgan fingerprint density at radius 2 is 1.39 bits per heavy atom. The fraction of sp³-hybridized carbons (Fsp3) is 0. The van der Waals surface area contributed by atoms with Gasteiger partial charge in [-0.1, -0.05) is 78.9 Å². The summed E-state index contributed by atoms with van der Waals surface area (Å²) in [6, 6.07) is 29.8. The molecule has 8 nitrogen and oxygen atoms in total. The molecular weight excluding hydrogens is 488 g/mol. The van der Waals surface area contributed by atoms with Crippen molar-refractivity contribution >= 4 is 60.6 Å². The summed E-state index contributed by atoms with van der Waals surface area (Å²) in [5.41, 5.74) is 11.4. The maximum atomic E-state index is 5.41. The molecule has 0 bridgehead atoms. The molecule has 0 saturated heterocycles. The van der Waals surface area contributed by atoms with E-state index < -0.39 is 0 Å². The molecule has 3 aromatic carbocycles. The van der Waals surface area contributed by atoms with E-state index in [1.165, 1.54) is 11.3 Å². The van der Waals surface area contributed by atoms with Crippen LogP contribution in [0.1, 0.15) is 0 Å². The number of hydrazine groups is 1. The number of thiocarbonyl (C=S) groups is 1. The molecule has 0 spiro atoms. The Labute approximate surface area is 215 Å². The van der Waals surface area contributed by atoms with Crippen LogP contribution in [-0.4, -0.2) is 30.7 Å². The van der Waals surface area contributed by atoms with Crippen molar-refractivity contribution in [2.24, 2.45) is 0 Å². The third kappa shape index (κ3) is 4.19. The number of thiophene rings is 1. The standard InChI is InChI=1S/C26H18N8S2/c35-26(27-18-14-8-3-9-15-18)33-30-24-23-22(29-34-31-24)20-19(16-10-4-1-5-11-16)21(28-32-25(20)36-23)17-12-6-2-7-13-17/h1-15H,(H2,27,33,35)(H,29,30,31). The van der Waals surface area contributed by atoms with Gasteiger partial charge in [-0.05, 0) is 35.1 Å². The lowest BCUT2D eigenvalue weighted by molar-refractivity contribution is 0.891. The number of hydrogen-bond donors (Lipinski definition) is 3. The largest absolute Gasteiger partial charge is 0.331 e. The Balaban J connectivity index is 1.44. The van der Waals surface area contributed by atoms with E-state index in [1.807, 2.05) is 78.9 Å². The number of benzene rings is 3. The van der Waals surface area contributed by atoms with Crippen molar-refractivity contribution in [1.82, 2.24) is 31.0 Å². The topological polar surface area (TPSA) is 101 Å². The molecule has 0 radical (unpaired) electrons. The van der Waals surface area contributed by atoms with Crippen LogP contribution in [0, 0.1) is 0 Å². The molecule has 0 aliphatic heterocycles. The fourth-order valence-corrected chi connectivity index (χ4v) is 5.12. The van der Waals surface area contributed by atoms with Crippen molar-refractivity contribution in [3.63, 3.8) is 0 Å². The van der Waals surface area contributed by atoms with E-state index in [9.17, 15) is 0 Å². The molecular formula is C26H18N8S2. The zero-order chi connectivity index (χ0) is 24.3. The minimum absolute atomic E-state index is 0.394. The molecule has 0 unspecified atom stereocenters. The lowest BCUT2D eigenvalue weighted by Gasteiger charge is -2.12. The van der Waals surface area contributed by atoms with Crippen LogP contribution in [0.2, 0.25) is 0 Å². The normalized spacial score (nSPS) is 10.9. The van der Waals surface area contributed by atoms with Crippen molar-refractivity contribution in [1.29, 1.82) is 0 Å². The predicted octanol–water partition coefficient (Wildman–Crippen LogP) is 5.68. The van der Waals surface area contributed by atoms with Crippen molar-refractivity contribution in [3.05, 3.63) is 91.0 Å². The summed E-state index contributed by atoms with van der Waals surface area (Å²) in [4.78, 5) is 0.749. The number of anilines is 2. The number of para-hydroxylation sites is 1. The summed E-state index contributed by atoms with van der Waals surface area (Å²) in [5.74, 6) is 0.500. The van der Waals surface area contributed by atoms with E-state index in [1.54, 1.807) is 0 Å². The van der Waals surface area contributed by atoms with Gasteiger partial charge in [-0.2, -0.15) is 0 Å². The number of nitrogens with zero attached hydrogens (tertiary/aromatic N) is 5. The number of rotatable bonds is 5. The first kappa shape index (κ1) is 22.0. The smallest absolute Gasteiger partial charge is 0.189 e. The highest BCUT2D eigenvalue weighted by atomic mass is 32.1. The molecule has 174 valence electrons. The van der Waals surface area contributed by atoms with Crippen LogP contribution in [0.25, 0.3) is 42.8 Å². The van der Waals surface area contributed by atoms with E-state index in [0.717, 1.165) is 43.0 Å². The molecule has 0 aliphatic rings. The van der Waals surface area contributed by atoms with E-state index in [4.69, 9.17) is 12.2 Å². The quantitative estimate of drug-likeness (QED) is 0.201. The molecule has 6 rings (SSSR count). The van der Waals surface area contributed by atoms with Crippen LogP contribution in [0.3, 0.4) is 0 Å². The summed E-state index contributed by atoms with van der Waals surface area (Å²) in [6.45, 7) is 0. The highest BCUT2D eigenvalue weighted by Crippen LogP contribution is 2.43. The Morgan fingerprint density at radius 1 is 0.722 bits per heavy atom. The van der Waals surface area contributed by atoms with Gasteiger partial charge in [0.05, 0.1) is 5.39 Å². The van der Waals surface area contributed by atoms with E-state index >= 15 is 0 Å². The molecule has 36 heavy (non-hydrogen) atoms. The molecule has 0 saturated carbocycles. The summed E-state index contributed by atoms with van der Waals surface area (Å²) in [7, 11) is 0. The highest BCUT2D eigenvalue weighted by molar-refractivity contribution is 7.80. The summed E-state index contributed by atoms with van der Waals surface area (Å²) in [6.07, 6.45) is 0. The van der Waals surface area contributed by atoms with Gasteiger partial charge in [0.25, 0.3) is 0 Å². The molecule has 0 atom stereocenters. The average molecular weight is 507 g/mol. The van der Waals surface area contributed by atoms with Crippen LogP contribution in [-0.2, 0) is 0 Å². The van der Waals surface area contributed by atoms with Crippen molar-refractivity contribution in [3.8, 4) is 22.4 Å². The SMILES string of the molecule is S=C(NNc1nnnc2c1sc1nnc(-c3ccccc3)c(-c3ccccc3)c12)Nc1ccccc1. The maximum Gasteiger partial charge on any atom is 0.189 e. The zero-order valence-electron chi connectivity index (χ0n) is 18.7.